The monoisotopic (exact) mass is 373 g/mol. The second-order valence-corrected chi connectivity index (χ2v) is 10.0. The van der Waals surface area contributed by atoms with E-state index in [-0.39, 0.29) is 11.9 Å². The molecule has 0 aliphatic carbocycles. The van der Waals surface area contributed by atoms with Crippen molar-refractivity contribution in [1.29, 1.82) is 0 Å². The average molecular weight is 374 g/mol. The highest BCUT2D eigenvalue weighted by Crippen LogP contribution is 2.27. The maximum absolute atomic E-state index is 12.7. The standard InChI is InChI=1S/C16H27N3O3S2/c1-12(2)10-15(20)18-8-7-14-5-6-16(23-14)24(21,22)19-9-3-4-13(17)11-19/h5-6,12-13H,3-4,7-11,17H2,1-2H3,(H,18,20). The first-order valence-electron chi connectivity index (χ1n) is 8.40. The molecule has 0 saturated carbocycles. The first-order valence-corrected chi connectivity index (χ1v) is 10.7. The van der Waals surface area contributed by atoms with Gasteiger partial charge in [-0.25, -0.2) is 8.42 Å². The van der Waals surface area contributed by atoms with E-state index in [0.29, 0.717) is 42.6 Å². The zero-order chi connectivity index (χ0) is 17.7. The highest BCUT2D eigenvalue weighted by atomic mass is 32.2. The van der Waals surface area contributed by atoms with Gasteiger partial charge in [0.1, 0.15) is 4.21 Å². The van der Waals surface area contributed by atoms with E-state index >= 15 is 0 Å². The Kier molecular flexibility index (Phi) is 6.79. The zero-order valence-corrected chi connectivity index (χ0v) is 16.0. The maximum Gasteiger partial charge on any atom is 0.252 e. The molecule has 1 atom stereocenters. The number of thiophene rings is 1. The molecule has 1 saturated heterocycles. The summed E-state index contributed by atoms with van der Waals surface area (Å²) in [6.45, 7) is 5.46. The molecule has 0 aromatic carbocycles. The summed E-state index contributed by atoms with van der Waals surface area (Å²) in [4.78, 5) is 12.6. The van der Waals surface area contributed by atoms with Gasteiger partial charge in [0.25, 0.3) is 10.0 Å². The Morgan fingerprint density at radius 1 is 1.46 bits per heavy atom. The number of carbonyl (C=O) groups excluding carboxylic acids is 1. The van der Waals surface area contributed by atoms with Crippen LogP contribution in [-0.4, -0.2) is 44.3 Å². The number of hydrogen-bond acceptors (Lipinski definition) is 5. The summed E-state index contributed by atoms with van der Waals surface area (Å²) in [7, 11) is -3.45. The van der Waals surface area contributed by atoms with Crippen LogP contribution in [0.25, 0.3) is 0 Å². The summed E-state index contributed by atoms with van der Waals surface area (Å²) in [6, 6.07) is 3.41. The summed E-state index contributed by atoms with van der Waals surface area (Å²) >= 11 is 1.28. The lowest BCUT2D eigenvalue weighted by Crippen LogP contribution is -2.45. The van der Waals surface area contributed by atoms with Crippen molar-refractivity contribution >= 4 is 27.3 Å². The van der Waals surface area contributed by atoms with Crippen molar-refractivity contribution in [3.63, 3.8) is 0 Å². The molecule has 0 bridgehead atoms. The lowest BCUT2D eigenvalue weighted by molar-refractivity contribution is -0.121. The summed E-state index contributed by atoms with van der Waals surface area (Å²) in [5.41, 5.74) is 5.89. The van der Waals surface area contributed by atoms with E-state index in [1.54, 1.807) is 6.07 Å². The molecule has 2 rings (SSSR count). The van der Waals surface area contributed by atoms with Crippen molar-refractivity contribution in [3.8, 4) is 0 Å². The molecular weight excluding hydrogens is 346 g/mol. The molecule has 3 N–H and O–H groups in total. The molecule has 6 nitrogen and oxygen atoms in total. The molecular formula is C16H27N3O3S2. The quantitative estimate of drug-likeness (QED) is 0.759. The van der Waals surface area contributed by atoms with Gasteiger partial charge in [-0.1, -0.05) is 13.8 Å². The predicted octanol–water partition coefficient (Wildman–Crippen LogP) is 1.56. The minimum absolute atomic E-state index is 0.0386. The Bertz CT molecular complexity index is 655. The van der Waals surface area contributed by atoms with E-state index in [2.05, 4.69) is 5.32 Å². The third kappa shape index (κ3) is 5.27. The van der Waals surface area contributed by atoms with Crippen LogP contribution in [0.3, 0.4) is 0 Å². The van der Waals surface area contributed by atoms with Gasteiger partial charge in [0.05, 0.1) is 0 Å². The molecule has 1 aliphatic rings. The van der Waals surface area contributed by atoms with Crippen molar-refractivity contribution in [2.24, 2.45) is 11.7 Å². The predicted molar refractivity (Wildman–Crippen MR) is 96.5 cm³/mol. The van der Waals surface area contributed by atoms with Gasteiger partial charge in [0.2, 0.25) is 5.91 Å². The molecule has 1 fully saturated rings. The number of piperidine rings is 1. The molecule has 1 aromatic rings. The molecule has 1 aromatic heterocycles. The van der Waals surface area contributed by atoms with Gasteiger partial charge in [0.15, 0.2) is 0 Å². The first kappa shape index (κ1) is 19.4. The lowest BCUT2D eigenvalue weighted by atomic mass is 10.1. The smallest absolute Gasteiger partial charge is 0.252 e. The first-order chi connectivity index (χ1) is 11.3. The molecule has 1 aliphatic heterocycles. The Morgan fingerprint density at radius 3 is 2.88 bits per heavy atom. The molecule has 24 heavy (non-hydrogen) atoms. The SMILES string of the molecule is CC(C)CC(=O)NCCc1ccc(S(=O)(=O)N2CCCC(N)C2)s1. The molecule has 0 radical (unpaired) electrons. The van der Waals surface area contributed by atoms with Crippen molar-refractivity contribution in [2.45, 2.75) is 49.8 Å². The van der Waals surface area contributed by atoms with Gasteiger partial charge in [-0.2, -0.15) is 4.31 Å². The highest BCUT2D eigenvalue weighted by molar-refractivity contribution is 7.91. The van der Waals surface area contributed by atoms with Gasteiger partial charge in [0, 0.05) is 37.0 Å². The van der Waals surface area contributed by atoms with Crippen molar-refractivity contribution in [1.82, 2.24) is 9.62 Å². The number of hydrogen-bond donors (Lipinski definition) is 2. The normalized spacial score (nSPS) is 19.6. The number of rotatable bonds is 7. The van der Waals surface area contributed by atoms with Crippen LogP contribution in [0.1, 0.15) is 38.0 Å². The fraction of sp³-hybridized carbons (Fsp3) is 0.688. The number of nitrogens with two attached hydrogens (primary N) is 1. The average Bonchev–Trinajstić information content (AvgIpc) is 2.96. The van der Waals surface area contributed by atoms with Gasteiger partial charge in [-0.05, 0) is 37.3 Å². The second kappa shape index (κ2) is 8.42. The van der Waals surface area contributed by atoms with E-state index in [1.807, 2.05) is 19.9 Å². The summed E-state index contributed by atoms with van der Waals surface area (Å²) < 4.78 is 27.2. The fourth-order valence-corrected chi connectivity index (χ4v) is 5.76. The van der Waals surface area contributed by atoms with Crippen LogP contribution >= 0.6 is 11.3 Å². The second-order valence-electron chi connectivity index (χ2n) is 6.68. The molecule has 136 valence electrons. The molecule has 8 heteroatoms. The van der Waals surface area contributed by atoms with Crippen LogP contribution in [0, 0.1) is 5.92 Å². The van der Waals surface area contributed by atoms with Gasteiger partial charge in [-0.3, -0.25) is 4.79 Å². The summed E-state index contributed by atoms with van der Waals surface area (Å²) in [6.07, 6.45) is 2.83. The van der Waals surface area contributed by atoms with Crippen LogP contribution in [0.2, 0.25) is 0 Å². The van der Waals surface area contributed by atoms with E-state index in [9.17, 15) is 13.2 Å². The van der Waals surface area contributed by atoms with Gasteiger partial charge >= 0.3 is 0 Å². The zero-order valence-electron chi connectivity index (χ0n) is 14.3. The lowest BCUT2D eigenvalue weighted by Gasteiger charge is -2.29. The fourth-order valence-electron chi connectivity index (χ4n) is 2.72. The van der Waals surface area contributed by atoms with E-state index < -0.39 is 10.0 Å². The summed E-state index contributed by atoms with van der Waals surface area (Å²) in [5.74, 6) is 0.371. The molecule has 0 spiro atoms. The molecule has 1 amide bonds. The van der Waals surface area contributed by atoms with Crippen LogP contribution < -0.4 is 11.1 Å². The van der Waals surface area contributed by atoms with Crippen LogP contribution in [0.15, 0.2) is 16.3 Å². The van der Waals surface area contributed by atoms with Crippen molar-refractivity contribution < 1.29 is 13.2 Å². The third-order valence-corrected chi connectivity index (χ3v) is 7.42. The Hall–Kier alpha value is -0.960. The van der Waals surface area contributed by atoms with E-state index in [4.69, 9.17) is 5.73 Å². The van der Waals surface area contributed by atoms with Crippen LogP contribution in [0.5, 0.6) is 0 Å². The van der Waals surface area contributed by atoms with Gasteiger partial charge < -0.3 is 11.1 Å². The number of amides is 1. The van der Waals surface area contributed by atoms with E-state index in [0.717, 1.165) is 17.7 Å². The summed E-state index contributed by atoms with van der Waals surface area (Å²) in [5, 5.41) is 2.87. The Morgan fingerprint density at radius 2 is 2.21 bits per heavy atom. The highest BCUT2D eigenvalue weighted by Gasteiger charge is 2.29. The topological polar surface area (TPSA) is 92.5 Å². The number of sulfonamides is 1. The van der Waals surface area contributed by atoms with Crippen LogP contribution in [0.4, 0.5) is 0 Å². The number of nitrogens with one attached hydrogen (secondary N) is 1. The van der Waals surface area contributed by atoms with Crippen molar-refractivity contribution in [2.75, 3.05) is 19.6 Å². The maximum atomic E-state index is 12.7. The molecule has 2 heterocycles. The van der Waals surface area contributed by atoms with Crippen LogP contribution in [-0.2, 0) is 21.2 Å². The van der Waals surface area contributed by atoms with E-state index in [1.165, 1.54) is 15.6 Å². The van der Waals surface area contributed by atoms with Gasteiger partial charge in [-0.15, -0.1) is 11.3 Å². The minimum Gasteiger partial charge on any atom is -0.356 e. The Labute approximate surface area is 148 Å². The minimum atomic E-state index is -3.45. The Balaban J connectivity index is 1.91. The largest absolute Gasteiger partial charge is 0.356 e. The third-order valence-electron chi connectivity index (χ3n) is 3.94. The number of nitrogens with zero attached hydrogens (tertiary/aromatic N) is 1. The van der Waals surface area contributed by atoms with Crippen molar-refractivity contribution in [3.05, 3.63) is 17.0 Å². The molecule has 1 unspecified atom stereocenters. The number of carbonyl (C=O) groups is 1.